The lowest BCUT2D eigenvalue weighted by Crippen LogP contribution is -2.47. The molecule has 0 aromatic heterocycles. The van der Waals surface area contributed by atoms with Crippen LogP contribution in [-0.2, 0) is 9.53 Å². The molecule has 1 fully saturated rings. The number of alkyl halides is 1. The van der Waals surface area contributed by atoms with Crippen LogP contribution in [0.15, 0.2) is 42.5 Å². The minimum Gasteiger partial charge on any atom is -0.495 e. The molecule has 0 saturated carbocycles. The number of hydrogen-bond donors (Lipinski definition) is 2. The van der Waals surface area contributed by atoms with Gasteiger partial charge in [0.1, 0.15) is 5.75 Å². The fraction of sp³-hybridized carbons (Fsp3) is 0.481. The summed E-state index contributed by atoms with van der Waals surface area (Å²) in [7, 11) is 1.68. The third kappa shape index (κ3) is 7.77. The van der Waals surface area contributed by atoms with Crippen LogP contribution in [-0.4, -0.2) is 70.7 Å². The van der Waals surface area contributed by atoms with Crippen LogP contribution in [0.3, 0.4) is 0 Å². The van der Waals surface area contributed by atoms with E-state index in [-0.39, 0.29) is 11.8 Å². The van der Waals surface area contributed by atoms with Gasteiger partial charge in [-0.25, -0.2) is 0 Å². The first-order valence-electron chi connectivity index (χ1n) is 12.6. The second kappa shape index (κ2) is 14.6. The summed E-state index contributed by atoms with van der Waals surface area (Å²) in [4.78, 5) is 29.9. The van der Waals surface area contributed by atoms with Crippen molar-refractivity contribution in [2.45, 2.75) is 26.2 Å². The van der Waals surface area contributed by atoms with Crippen molar-refractivity contribution in [3.8, 4) is 5.75 Å². The number of nitrogens with one attached hydrogen (secondary N) is 2. The van der Waals surface area contributed by atoms with E-state index in [1.54, 1.807) is 13.2 Å². The zero-order valence-corrected chi connectivity index (χ0v) is 22.0. The summed E-state index contributed by atoms with van der Waals surface area (Å²) < 4.78 is 10.9. The average Bonchev–Trinajstić information content (AvgIpc) is 2.91. The maximum atomic E-state index is 13.2. The van der Waals surface area contributed by atoms with E-state index >= 15 is 0 Å². The largest absolute Gasteiger partial charge is 0.495 e. The molecule has 1 aliphatic heterocycles. The number of carbonyl (C=O) groups is 2. The van der Waals surface area contributed by atoms with Crippen LogP contribution in [0.1, 0.15) is 36.5 Å². The molecule has 2 amide bonds. The van der Waals surface area contributed by atoms with Crippen molar-refractivity contribution in [3.63, 3.8) is 0 Å². The van der Waals surface area contributed by atoms with Gasteiger partial charge in [0.15, 0.2) is 0 Å². The van der Waals surface area contributed by atoms with Crippen molar-refractivity contribution in [1.82, 2.24) is 5.32 Å². The Morgan fingerprint density at radius 2 is 1.72 bits per heavy atom. The summed E-state index contributed by atoms with van der Waals surface area (Å²) in [6.07, 6.45) is 1.69. The van der Waals surface area contributed by atoms with Crippen LogP contribution in [0.4, 0.5) is 17.1 Å². The second-order valence-electron chi connectivity index (χ2n) is 8.52. The number of ether oxygens (including phenoxy) is 2. The fourth-order valence-corrected chi connectivity index (χ4v) is 4.35. The summed E-state index contributed by atoms with van der Waals surface area (Å²) in [5.41, 5.74) is 3.08. The van der Waals surface area contributed by atoms with Gasteiger partial charge in [0, 0.05) is 69.6 Å². The molecule has 0 spiro atoms. The molecular formula is C27H37ClN4O4. The molecule has 1 saturated heterocycles. The zero-order chi connectivity index (χ0) is 25.8. The number of hydrogen-bond acceptors (Lipinski definition) is 6. The maximum absolute atomic E-state index is 13.2. The quantitative estimate of drug-likeness (QED) is 0.307. The Hall–Kier alpha value is -2.97. The lowest BCUT2D eigenvalue weighted by Gasteiger charge is -2.38. The van der Waals surface area contributed by atoms with E-state index in [1.807, 2.05) is 37.3 Å². The number of nitrogens with zero attached hydrogens (tertiary/aromatic N) is 2. The predicted octanol–water partition coefficient (Wildman–Crippen LogP) is 4.14. The highest BCUT2D eigenvalue weighted by Crippen LogP contribution is 2.31. The Morgan fingerprint density at radius 3 is 2.42 bits per heavy atom. The highest BCUT2D eigenvalue weighted by Gasteiger charge is 2.23. The molecule has 1 aliphatic rings. The number of halogens is 1. The van der Waals surface area contributed by atoms with E-state index in [2.05, 4.69) is 26.5 Å². The first kappa shape index (κ1) is 27.6. The highest BCUT2D eigenvalue weighted by atomic mass is 35.5. The van der Waals surface area contributed by atoms with E-state index in [1.165, 1.54) is 0 Å². The lowest BCUT2D eigenvalue weighted by atomic mass is 10.1. The topological polar surface area (TPSA) is 83.1 Å². The molecule has 9 heteroatoms. The van der Waals surface area contributed by atoms with Crippen molar-refractivity contribution >= 4 is 40.5 Å². The molecule has 2 N–H and O–H groups in total. The minimum atomic E-state index is -0.162. The van der Waals surface area contributed by atoms with Crippen molar-refractivity contribution in [3.05, 3.63) is 48.0 Å². The molecule has 2 aromatic carbocycles. The molecule has 0 bridgehead atoms. The van der Waals surface area contributed by atoms with E-state index < -0.39 is 0 Å². The highest BCUT2D eigenvalue weighted by molar-refractivity contribution is 6.18. The number of para-hydroxylation sites is 2. The van der Waals surface area contributed by atoms with Crippen molar-refractivity contribution in [2.75, 3.05) is 74.0 Å². The smallest absolute Gasteiger partial charge is 0.253 e. The Labute approximate surface area is 218 Å². The third-order valence-corrected chi connectivity index (χ3v) is 6.33. The van der Waals surface area contributed by atoms with Crippen LogP contribution in [0, 0.1) is 0 Å². The third-order valence-electron chi connectivity index (χ3n) is 6.06. The second-order valence-corrected chi connectivity index (χ2v) is 8.90. The number of benzene rings is 2. The van der Waals surface area contributed by atoms with Gasteiger partial charge in [-0.15, -0.1) is 11.6 Å². The summed E-state index contributed by atoms with van der Waals surface area (Å²) in [6.45, 7) is 6.83. The Balaban J connectivity index is 1.73. The number of amides is 2. The molecule has 1 heterocycles. The first-order valence-corrected chi connectivity index (χ1v) is 13.1. The van der Waals surface area contributed by atoms with Gasteiger partial charge in [-0.2, -0.15) is 0 Å². The maximum Gasteiger partial charge on any atom is 0.253 e. The Morgan fingerprint density at radius 1 is 1.00 bits per heavy atom. The minimum absolute atomic E-state index is 0.114. The van der Waals surface area contributed by atoms with Gasteiger partial charge >= 0.3 is 0 Å². The molecule has 0 aliphatic carbocycles. The van der Waals surface area contributed by atoms with Gasteiger partial charge in [0.05, 0.1) is 18.4 Å². The number of methoxy groups -OCH3 is 1. The SMILES string of the molecule is CCOCCCNC(=O)c1cc(NC(=O)CCCCl)ccc1N1CCN(c2ccccc2OC)CC1. The van der Waals surface area contributed by atoms with E-state index in [4.69, 9.17) is 21.1 Å². The van der Waals surface area contributed by atoms with Gasteiger partial charge in [-0.05, 0) is 50.1 Å². The van der Waals surface area contributed by atoms with E-state index in [9.17, 15) is 9.59 Å². The van der Waals surface area contributed by atoms with Gasteiger partial charge in [0.25, 0.3) is 5.91 Å². The van der Waals surface area contributed by atoms with Crippen LogP contribution in [0.2, 0.25) is 0 Å². The van der Waals surface area contributed by atoms with Crippen LogP contribution >= 0.6 is 11.6 Å². The molecule has 0 atom stereocenters. The number of piperazine rings is 1. The predicted molar refractivity (Wildman–Crippen MR) is 146 cm³/mol. The monoisotopic (exact) mass is 516 g/mol. The molecule has 2 aromatic rings. The molecule has 3 rings (SSSR count). The summed E-state index contributed by atoms with van der Waals surface area (Å²) in [5.74, 6) is 1.01. The zero-order valence-electron chi connectivity index (χ0n) is 21.2. The average molecular weight is 517 g/mol. The fourth-order valence-electron chi connectivity index (χ4n) is 4.22. The van der Waals surface area contributed by atoms with E-state index in [0.29, 0.717) is 49.7 Å². The van der Waals surface area contributed by atoms with Gasteiger partial charge < -0.3 is 29.9 Å². The van der Waals surface area contributed by atoms with Crippen molar-refractivity contribution < 1.29 is 19.1 Å². The molecule has 0 radical (unpaired) electrons. The summed E-state index contributed by atoms with van der Waals surface area (Å²) in [6, 6.07) is 13.6. The molecule has 36 heavy (non-hydrogen) atoms. The first-order chi connectivity index (χ1) is 17.6. The van der Waals surface area contributed by atoms with Crippen molar-refractivity contribution in [1.29, 1.82) is 0 Å². The molecule has 8 nitrogen and oxygen atoms in total. The summed E-state index contributed by atoms with van der Waals surface area (Å²) >= 11 is 5.71. The van der Waals surface area contributed by atoms with E-state index in [0.717, 1.165) is 49.7 Å². The normalized spacial score (nSPS) is 13.4. The Kier molecular flexibility index (Phi) is 11.2. The molecule has 196 valence electrons. The molecule has 0 unspecified atom stereocenters. The summed E-state index contributed by atoms with van der Waals surface area (Å²) in [5, 5.41) is 5.89. The number of carbonyl (C=O) groups excluding carboxylic acids is 2. The van der Waals surface area contributed by atoms with Crippen LogP contribution in [0.5, 0.6) is 5.75 Å². The molecular weight excluding hydrogens is 480 g/mol. The number of rotatable bonds is 13. The lowest BCUT2D eigenvalue weighted by molar-refractivity contribution is -0.116. The van der Waals surface area contributed by atoms with Gasteiger partial charge in [0.2, 0.25) is 5.91 Å². The van der Waals surface area contributed by atoms with Gasteiger partial charge in [-0.3, -0.25) is 9.59 Å². The standard InChI is InChI=1S/C27H37ClN4O4/c1-3-36-19-7-14-29-27(34)22-20-21(30-26(33)10-6-13-28)11-12-23(22)31-15-17-32(18-16-31)24-8-4-5-9-25(24)35-2/h4-5,8-9,11-12,20H,3,6-7,10,13-19H2,1-2H3,(H,29,34)(H,30,33). The van der Waals surface area contributed by atoms with Gasteiger partial charge in [-0.1, -0.05) is 12.1 Å². The Bertz CT molecular complexity index is 995. The van der Waals surface area contributed by atoms with Crippen LogP contribution < -0.4 is 25.2 Å². The van der Waals surface area contributed by atoms with Crippen molar-refractivity contribution in [2.24, 2.45) is 0 Å². The number of anilines is 3. The van der Waals surface area contributed by atoms with Crippen LogP contribution in [0.25, 0.3) is 0 Å².